The van der Waals surface area contributed by atoms with Crippen molar-refractivity contribution < 1.29 is 9.53 Å². The van der Waals surface area contributed by atoms with E-state index in [0.29, 0.717) is 5.92 Å². The van der Waals surface area contributed by atoms with Gasteiger partial charge in [0.25, 0.3) is 0 Å². The first kappa shape index (κ1) is 12.7. The molecule has 0 saturated heterocycles. The third-order valence-corrected chi connectivity index (χ3v) is 2.62. The van der Waals surface area contributed by atoms with Gasteiger partial charge in [-0.15, -0.1) is 12.4 Å². The van der Waals surface area contributed by atoms with Crippen molar-refractivity contribution in [3.05, 3.63) is 0 Å². The number of ether oxygens (including phenoxy) is 1. The highest BCUT2D eigenvalue weighted by Crippen LogP contribution is 2.30. The summed E-state index contributed by atoms with van der Waals surface area (Å²) in [5.41, 5.74) is 5.23. The minimum atomic E-state index is -0.702. The Labute approximate surface area is 85.4 Å². The number of rotatable bonds is 1. The quantitative estimate of drug-likeness (QED) is 0.663. The summed E-state index contributed by atoms with van der Waals surface area (Å²) in [7, 11) is 1.40. The Bertz CT molecular complexity index is 186. The van der Waals surface area contributed by atoms with Crippen molar-refractivity contribution in [3.63, 3.8) is 0 Å². The Hall–Kier alpha value is -0.280. The lowest BCUT2D eigenvalue weighted by atomic mass is 9.77. The molecular formula is C9H18ClNO2. The van der Waals surface area contributed by atoms with Crippen LogP contribution in [0.15, 0.2) is 0 Å². The summed E-state index contributed by atoms with van der Waals surface area (Å²) in [6.45, 7) is 2.13. The summed E-state index contributed by atoms with van der Waals surface area (Å²) in [4.78, 5) is 11.3. The van der Waals surface area contributed by atoms with Crippen molar-refractivity contribution >= 4 is 18.4 Å². The summed E-state index contributed by atoms with van der Waals surface area (Å²) in [6, 6.07) is 0. The first-order valence-electron chi connectivity index (χ1n) is 4.46. The van der Waals surface area contributed by atoms with E-state index in [1.807, 2.05) is 0 Å². The molecule has 78 valence electrons. The Morgan fingerprint density at radius 3 is 2.69 bits per heavy atom. The van der Waals surface area contributed by atoms with Gasteiger partial charge in [0.2, 0.25) is 0 Å². The zero-order chi connectivity index (χ0) is 9.19. The third kappa shape index (κ3) is 2.85. The number of carbonyl (C=O) groups excluding carboxylic acids is 1. The van der Waals surface area contributed by atoms with Crippen molar-refractivity contribution in [2.45, 2.75) is 38.1 Å². The van der Waals surface area contributed by atoms with E-state index in [9.17, 15) is 4.79 Å². The molecule has 1 fully saturated rings. The highest BCUT2D eigenvalue weighted by molar-refractivity contribution is 5.85. The number of nitrogens with two attached hydrogens (primary N) is 1. The average Bonchev–Trinajstić information content (AvgIpc) is 2.02. The summed E-state index contributed by atoms with van der Waals surface area (Å²) >= 11 is 0. The maximum Gasteiger partial charge on any atom is 0.325 e. The molecule has 13 heavy (non-hydrogen) atoms. The summed E-state index contributed by atoms with van der Waals surface area (Å²) in [6.07, 6.45) is 3.74. The molecule has 3 nitrogen and oxygen atoms in total. The van der Waals surface area contributed by atoms with Gasteiger partial charge >= 0.3 is 5.97 Å². The van der Waals surface area contributed by atoms with E-state index < -0.39 is 5.54 Å². The molecule has 2 atom stereocenters. The van der Waals surface area contributed by atoms with Gasteiger partial charge in [0.15, 0.2) is 0 Å². The van der Waals surface area contributed by atoms with E-state index >= 15 is 0 Å². The van der Waals surface area contributed by atoms with E-state index in [1.165, 1.54) is 13.5 Å². The molecule has 0 aromatic rings. The Morgan fingerprint density at radius 2 is 2.23 bits per heavy atom. The van der Waals surface area contributed by atoms with Crippen LogP contribution in [-0.2, 0) is 9.53 Å². The van der Waals surface area contributed by atoms with Gasteiger partial charge < -0.3 is 10.5 Å². The molecule has 0 heterocycles. The predicted octanol–water partition coefficient (Wildman–Crippen LogP) is 1.49. The van der Waals surface area contributed by atoms with Gasteiger partial charge in [0.1, 0.15) is 5.54 Å². The molecule has 0 aliphatic heterocycles. The van der Waals surface area contributed by atoms with Gasteiger partial charge in [-0.3, -0.25) is 4.79 Å². The first-order chi connectivity index (χ1) is 5.58. The fourth-order valence-corrected chi connectivity index (χ4v) is 1.98. The summed E-state index contributed by atoms with van der Waals surface area (Å²) in [5.74, 6) is 0.289. The SMILES string of the molecule is COC(=O)[C@@]1(N)CCC[C@H](C)C1.Cl. The minimum Gasteiger partial charge on any atom is -0.468 e. The minimum absolute atomic E-state index is 0. The van der Waals surface area contributed by atoms with E-state index in [4.69, 9.17) is 5.73 Å². The maximum absolute atomic E-state index is 11.3. The largest absolute Gasteiger partial charge is 0.468 e. The third-order valence-electron chi connectivity index (χ3n) is 2.62. The van der Waals surface area contributed by atoms with Crippen molar-refractivity contribution in [3.8, 4) is 0 Å². The van der Waals surface area contributed by atoms with Crippen LogP contribution >= 0.6 is 12.4 Å². The van der Waals surface area contributed by atoms with Crippen LogP contribution in [0, 0.1) is 5.92 Å². The Balaban J connectivity index is 0.00000144. The van der Waals surface area contributed by atoms with Crippen molar-refractivity contribution in [1.29, 1.82) is 0 Å². The zero-order valence-corrected chi connectivity index (χ0v) is 9.02. The standard InChI is InChI=1S/C9H17NO2.ClH/c1-7-4-3-5-9(10,6-7)8(11)12-2;/h7H,3-6,10H2,1-2H3;1H/t7-,9+;/m0./s1. The molecule has 0 aromatic heterocycles. The van der Waals surface area contributed by atoms with E-state index in [1.54, 1.807) is 0 Å². The molecule has 0 unspecified atom stereocenters. The Morgan fingerprint density at radius 1 is 1.62 bits per heavy atom. The number of methoxy groups -OCH3 is 1. The van der Waals surface area contributed by atoms with Crippen LogP contribution in [0.2, 0.25) is 0 Å². The van der Waals surface area contributed by atoms with Gasteiger partial charge in [0.05, 0.1) is 7.11 Å². The lowest BCUT2D eigenvalue weighted by molar-refractivity contribution is -0.149. The van der Waals surface area contributed by atoms with E-state index in [-0.39, 0.29) is 18.4 Å². The second-order valence-corrected chi connectivity index (χ2v) is 3.85. The number of hydrogen-bond donors (Lipinski definition) is 1. The van der Waals surface area contributed by atoms with E-state index in [2.05, 4.69) is 11.7 Å². The van der Waals surface area contributed by atoms with Crippen LogP contribution in [0.1, 0.15) is 32.6 Å². The summed E-state index contributed by atoms with van der Waals surface area (Å²) < 4.78 is 4.68. The Kier molecular flexibility index (Phi) is 4.71. The molecule has 0 bridgehead atoms. The average molecular weight is 208 g/mol. The maximum atomic E-state index is 11.3. The first-order valence-corrected chi connectivity index (χ1v) is 4.46. The zero-order valence-electron chi connectivity index (χ0n) is 8.21. The number of hydrogen-bond acceptors (Lipinski definition) is 3. The highest BCUT2D eigenvalue weighted by atomic mass is 35.5. The van der Waals surface area contributed by atoms with Crippen molar-refractivity contribution in [2.75, 3.05) is 7.11 Å². The second-order valence-electron chi connectivity index (χ2n) is 3.85. The van der Waals surface area contributed by atoms with Gasteiger partial charge in [-0.25, -0.2) is 0 Å². The molecule has 0 amide bonds. The lowest BCUT2D eigenvalue weighted by Crippen LogP contribution is -2.51. The molecule has 0 radical (unpaired) electrons. The fourth-order valence-electron chi connectivity index (χ4n) is 1.98. The van der Waals surface area contributed by atoms with Crippen LogP contribution in [0.25, 0.3) is 0 Å². The molecule has 2 N–H and O–H groups in total. The highest BCUT2D eigenvalue weighted by Gasteiger charge is 2.38. The molecule has 1 saturated carbocycles. The normalized spacial score (nSPS) is 33.3. The predicted molar refractivity (Wildman–Crippen MR) is 53.8 cm³/mol. The van der Waals surface area contributed by atoms with Crippen LogP contribution in [0.5, 0.6) is 0 Å². The number of carbonyl (C=O) groups is 1. The lowest BCUT2D eigenvalue weighted by Gasteiger charge is -2.33. The van der Waals surface area contributed by atoms with Crippen molar-refractivity contribution in [2.24, 2.45) is 11.7 Å². The second kappa shape index (κ2) is 4.82. The van der Waals surface area contributed by atoms with E-state index in [0.717, 1.165) is 19.3 Å². The van der Waals surface area contributed by atoms with Gasteiger partial charge in [-0.05, 0) is 18.8 Å². The van der Waals surface area contributed by atoms with Crippen LogP contribution in [0.4, 0.5) is 0 Å². The fraction of sp³-hybridized carbons (Fsp3) is 0.889. The summed E-state index contributed by atoms with van der Waals surface area (Å²) in [5, 5.41) is 0. The molecule has 1 aliphatic rings. The number of halogens is 1. The van der Waals surface area contributed by atoms with Crippen LogP contribution in [0.3, 0.4) is 0 Å². The molecule has 0 aromatic carbocycles. The van der Waals surface area contributed by atoms with Gasteiger partial charge in [-0.1, -0.05) is 19.8 Å². The molecule has 1 aliphatic carbocycles. The van der Waals surface area contributed by atoms with Gasteiger partial charge in [-0.2, -0.15) is 0 Å². The molecule has 1 rings (SSSR count). The van der Waals surface area contributed by atoms with Gasteiger partial charge in [0, 0.05) is 0 Å². The van der Waals surface area contributed by atoms with Crippen molar-refractivity contribution in [1.82, 2.24) is 0 Å². The molecular weight excluding hydrogens is 190 g/mol. The van der Waals surface area contributed by atoms with Crippen LogP contribution in [-0.4, -0.2) is 18.6 Å². The smallest absolute Gasteiger partial charge is 0.325 e. The molecule has 0 spiro atoms. The molecule has 4 heteroatoms. The topological polar surface area (TPSA) is 52.3 Å². The van der Waals surface area contributed by atoms with Crippen LogP contribution < -0.4 is 5.73 Å². The monoisotopic (exact) mass is 207 g/mol. The number of esters is 1.